The summed E-state index contributed by atoms with van der Waals surface area (Å²) in [5, 5.41) is 14.5. The van der Waals surface area contributed by atoms with E-state index in [4.69, 9.17) is 0 Å². The highest BCUT2D eigenvalue weighted by molar-refractivity contribution is 5.74. The van der Waals surface area contributed by atoms with Crippen LogP contribution in [0.15, 0.2) is 18.2 Å². The number of amides is 2. The summed E-state index contributed by atoms with van der Waals surface area (Å²) in [7, 11) is 0. The Labute approximate surface area is 129 Å². The predicted octanol–water partition coefficient (Wildman–Crippen LogP) is 3.12. The summed E-state index contributed by atoms with van der Waals surface area (Å²) in [6.45, 7) is 7.38. The van der Waals surface area contributed by atoms with Crippen molar-refractivity contribution in [3.05, 3.63) is 35.4 Å². The summed E-state index contributed by atoms with van der Waals surface area (Å²) in [6, 6.07) is 2.22. The van der Waals surface area contributed by atoms with E-state index in [-0.39, 0.29) is 17.6 Å². The third-order valence-electron chi connectivity index (χ3n) is 3.21. The smallest absolute Gasteiger partial charge is 0.315 e. The Morgan fingerprint density at radius 3 is 2.45 bits per heavy atom. The molecule has 0 bridgehead atoms. The number of aliphatic hydroxyl groups excluding tert-OH is 1. The molecule has 3 N–H and O–H groups in total. The molecule has 1 aromatic carbocycles. The molecule has 0 saturated carbocycles. The Hall–Kier alpha value is -1.69. The first-order valence-corrected chi connectivity index (χ1v) is 7.26. The molecule has 0 aliphatic rings. The molecule has 124 valence electrons. The first-order chi connectivity index (χ1) is 10.1. The quantitative estimate of drug-likeness (QED) is 0.782. The van der Waals surface area contributed by atoms with Crippen LogP contribution in [-0.4, -0.2) is 23.8 Å². The minimum absolute atomic E-state index is 0.0546. The van der Waals surface area contributed by atoms with E-state index < -0.39 is 29.7 Å². The highest BCUT2D eigenvalue weighted by Gasteiger charge is 2.21. The normalized spacial score (nSPS) is 14.3. The van der Waals surface area contributed by atoms with Crippen molar-refractivity contribution >= 4 is 6.03 Å². The summed E-state index contributed by atoms with van der Waals surface area (Å²) in [5.41, 5.74) is 0.0209. The third kappa shape index (κ3) is 5.60. The summed E-state index contributed by atoms with van der Waals surface area (Å²) in [5.74, 6) is -1.92. The lowest BCUT2D eigenvalue weighted by Crippen LogP contribution is -2.46. The lowest BCUT2D eigenvalue weighted by atomic mass is 9.88. The molecule has 0 radical (unpaired) electrons. The molecule has 1 aromatic rings. The van der Waals surface area contributed by atoms with E-state index in [0.717, 1.165) is 6.07 Å². The molecule has 0 saturated heterocycles. The van der Waals surface area contributed by atoms with Gasteiger partial charge in [0.2, 0.25) is 0 Å². The molecule has 2 unspecified atom stereocenters. The van der Waals surface area contributed by atoms with Crippen LogP contribution in [0.1, 0.15) is 45.7 Å². The van der Waals surface area contributed by atoms with Crippen LogP contribution in [0.3, 0.4) is 0 Å². The fourth-order valence-electron chi connectivity index (χ4n) is 2.26. The van der Waals surface area contributed by atoms with Crippen molar-refractivity contribution in [2.75, 3.05) is 6.61 Å². The number of nitrogens with one attached hydrogen (secondary N) is 2. The second-order valence-corrected chi connectivity index (χ2v) is 6.63. The highest BCUT2D eigenvalue weighted by Crippen LogP contribution is 2.21. The van der Waals surface area contributed by atoms with Gasteiger partial charge in [-0.2, -0.15) is 0 Å². The van der Waals surface area contributed by atoms with Gasteiger partial charge in [0.05, 0.1) is 18.7 Å². The van der Waals surface area contributed by atoms with Crippen LogP contribution in [0.5, 0.6) is 0 Å². The first-order valence-electron chi connectivity index (χ1n) is 7.26. The zero-order chi connectivity index (χ0) is 16.9. The average Bonchev–Trinajstić information content (AvgIpc) is 2.39. The van der Waals surface area contributed by atoms with Crippen LogP contribution in [0, 0.1) is 17.0 Å². The van der Waals surface area contributed by atoms with E-state index in [1.54, 1.807) is 6.92 Å². The SMILES string of the molecule is CC(NC(=O)NC(CO)CC(C)(C)C)c1cccc(F)c1F. The second kappa shape index (κ2) is 7.54. The molecule has 0 aromatic heterocycles. The van der Waals surface area contributed by atoms with Gasteiger partial charge in [0, 0.05) is 5.56 Å². The molecule has 1 rings (SSSR count). The van der Waals surface area contributed by atoms with Gasteiger partial charge in [-0.3, -0.25) is 0 Å². The van der Waals surface area contributed by atoms with E-state index in [1.165, 1.54) is 12.1 Å². The number of urea groups is 1. The van der Waals surface area contributed by atoms with E-state index >= 15 is 0 Å². The van der Waals surface area contributed by atoms with Crippen molar-refractivity contribution in [1.82, 2.24) is 10.6 Å². The second-order valence-electron chi connectivity index (χ2n) is 6.63. The number of carbonyl (C=O) groups is 1. The molecule has 2 amide bonds. The average molecular weight is 314 g/mol. The van der Waals surface area contributed by atoms with Gasteiger partial charge in [0.25, 0.3) is 0 Å². The molecule has 0 spiro atoms. The van der Waals surface area contributed by atoms with Crippen molar-refractivity contribution in [2.45, 2.75) is 46.2 Å². The molecule has 4 nitrogen and oxygen atoms in total. The van der Waals surface area contributed by atoms with Crippen LogP contribution in [0.2, 0.25) is 0 Å². The van der Waals surface area contributed by atoms with E-state index in [1.807, 2.05) is 20.8 Å². The molecular weight excluding hydrogens is 290 g/mol. The third-order valence-corrected chi connectivity index (χ3v) is 3.21. The highest BCUT2D eigenvalue weighted by atomic mass is 19.2. The van der Waals surface area contributed by atoms with Crippen molar-refractivity contribution in [2.24, 2.45) is 5.41 Å². The number of aliphatic hydroxyl groups is 1. The summed E-state index contributed by atoms with van der Waals surface area (Å²) < 4.78 is 26.9. The number of carbonyl (C=O) groups excluding carboxylic acids is 1. The van der Waals surface area contributed by atoms with Crippen molar-refractivity contribution in [3.8, 4) is 0 Å². The first kappa shape index (κ1) is 18.4. The monoisotopic (exact) mass is 314 g/mol. The summed E-state index contributed by atoms with van der Waals surface area (Å²) >= 11 is 0. The standard InChI is InChI=1S/C16H24F2N2O2/c1-10(12-6-5-7-13(17)14(12)18)19-15(22)20-11(9-21)8-16(2,3)4/h5-7,10-11,21H,8-9H2,1-4H3,(H2,19,20,22). The van der Waals surface area contributed by atoms with Crippen LogP contribution in [0.4, 0.5) is 13.6 Å². The van der Waals surface area contributed by atoms with Gasteiger partial charge < -0.3 is 15.7 Å². The van der Waals surface area contributed by atoms with Crippen LogP contribution < -0.4 is 10.6 Å². The van der Waals surface area contributed by atoms with Crippen LogP contribution >= 0.6 is 0 Å². The van der Waals surface area contributed by atoms with Crippen molar-refractivity contribution in [1.29, 1.82) is 0 Å². The summed E-state index contributed by atoms with van der Waals surface area (Å²) in [6.07, 6.45) is 0.597. The lowest BCUT2D eigenvalue weighted by Gasteiger charge is -2.26. The molecule has 0 heterocycles. The van der Waals surface area contributed by atoms with Gasteiger partial charge in [0.1, 0.15) is 0 Å². The van der Waals surface area contributed by atoms with Gasteiger partial charge in [-0.25, -0.2) is 13.6 Å². The van der Waals surface area contributed by atoms with E-state index in [2.05, 4.69) is 10.6 Å². The molecule has 6 heteroatoms. The zero-order valence-corrected chi connectivity index (χ0v) is 13.4. The number of halogens is 2. The Morgan fingerprint density at radius 2 is 1.91 bits per heavy atom. The van der Waals surface area contributed by atoms with Crippen LogP contribution in [0.25, 0.3) is 0 Å². The summed E-state index contributed by atoms with van der Waals surface area (Å²) in [4.78, 5) is 11.9. The van der Waals surface area contributed by atoms with Gasteiger partial charge in [-0.05, 0) is 24.8 Å². The van der Waals surface area contributed by atoms with Crippen molar-refractivity contribution in [3.63, 3.8) is 0 Å². The molecule has 0 aliphatic carbocycles. The predicted molar refractivity (Wildman–Crippen MR) is 81.4 cm³/mol. The van der Waals surface area contributed by atoms with Gasteiger partial charge in [0.15, 0.2) is 11.6 Å². The maximum absolute atomic E-state index is 13.7. The van der Waals surface area contributed by atoms with Gasteiger partial charge in [-0.1, -0.05) is 32.9 Å². The number of rotatable bonds is 5. The maximum atomic E-state index is 13.7. The Morgan fingerprint density at radius 1 is 1.27 bits per heavy atom. The molecular formula is C16H24F2N2O2. The lowest BCUT2D eigenvalue weighted by molar-refractivity contribution is 0.189. The Balaban J connectivity index is 2.66. The molecule has 22 heavy (non-hydrogen) atoms. The van der Waals surface area contributed by atoms with Crippen molar-refractivity contribution < 1.29 is 18.7 Å². The zero-order valence-electron chi connectivity index (χ0n) is 13.4. The van der Waals surface area contributed by atoms with Gasteiger partial charge >= 0.3 is 6.03 Å². The minimum Gasteiger partial charge on any atom is -0.394 e. The topological polar surface area (TPSA) is 61.4 Å². The fourth-order valence-corrected chi connectivity index (χ4v) is 2.26. The van der Waals surface area contributed by atoms with E-state index in [9.17, 15) is 18.7 Å². The molecule has 0 fully saturated rings. The van der Waals surface area contributed by atoms with Gasteiger partial charge in [-0.15, -0.1) is 0 Å². The molecule has 0 aliphatic heterocycles. The van der Waals surface area contributed by atoms with E-state index in [0.29, 0.717) is 6.42 Å². The fraction of sp³-hybridized carbons (Fsp3) is 0.562. The maximum Gasteiger partial charge on any atom is 0.315 e. The number of hydrogen-bond acceptors (Lipinski definition) is 2. The van der Waals surface area contributed by atoms with Crippen LogP contribution in [-0.2, 0) is 0 Å². The Kier molecular flexibility index (Phi) is 6.29. The minimum atomic E-state index is -0.969. The Bertz CT molecular complexity index is 515. The number of benzene rings is 1. The largest absolute Gasteiger partial charge is 0.394 e. The molecule has 2 atom stereocenters. The number of hydrogen-bond donors (Lipinski definition) is 3.